The van der Waals surface area contributed by atoms with E-state index in [2.05, 4.69) is 10.1 Å². The molecule has 0 radical (unpaired) electrons. The zero-order valence-electron chi connectivity index (χ0n) is 13.5. The molecule has 0 saturated carbocycles. The van der Waals surface area contributed by atoms with Crippen LogP contribution in [0.15, 0.2) is 56.9 Å². The van der Waals surface area contributed by atoms with Crippen molar-refractivity contribution in [3.8, 4) is 0 Å². The van der Waals surface area contributed by atoms with Crippen LogP contribution >= 0.6 is 0 Å². The molecule has 0 N–H and O–H groups in total. The summed E-state index contributed by atoms with van der Waals surface area (Å²) in [5, 5.41) is 15.9. The molecular weight excluding hydrogens is 342 g/mol. The molecule has 1 aromatic heterocycles. The normalized spacial score (nSPS) is 15.6. The molecule has 0 unspecified atom stereocenters. The molecule has 4 rings (SSSR count). The number of aromatic nitrogens is 2. The third-order valence-electron chi connectivity index (χ3n) is 4.52. The summed E-state index contributed by atoms with van der Waals surface area (Å²) >= 11 is 0. The molecule has 2 aromatic carbocycles. The Morgan fingerprint density at radius 2 is 1.76 bits per heavy atom. The van der Waals surface area contributed by atoms with Gasteiger partial charge in [0.15, 0.2) is 0 Å². The van der Waals surface area contributed by atoms with E-state index in [-0.39, 0.29) is 20.8 Å². The zero-order valence-corrected chi connectivity index (χ0v) is 14.3. The smallest absolute Gasteiger partial charge is 0.269 e. The Kier molecular flexibility index (Phi) is 3.84. The number of hydrogen-bond donors (Lipinski definition) is 0. The topological polar surface area (TPSA) is 90.4 Å². The van der Waals surface area contributed by atoms with Crippen LogP contribution < -0.4 is 9.80 Å². The van der Waals surface area contributed by atoms with Gasteiger partial charge in [0.05, 0.1) is 10.6 Å². The first-order chi connectivity index (χ1) is 12.1. The van der Waals surface area contributed by atoms with Crippen molar-refractivity contribution in [3.05, 3.63) is 47.7 Å². The standard InChI is InChI=1S/C17H17N3O4S/c21-20-17-14(19-11-5-2-6-12-19)9-10-15(16(17)18-24-20)25(22,23)13-7-3-1-4-8-13/h1,3-4,7-10H,2,5-6,11-12H2. The molecule has 1 aliphatic rings. The van der Waals surface area contributed by atoms with Gasteiger partial charge >= 0.3 is 0 Å². The minimum atomic E-state index is -3.79. The van der Waals surface area contributed by atoms with Crippen molar-refractivity contribution < 1.29 is 17.9 Å². The van der Waals surface area contributed by atoms with Crippen LogP contribution in [0.3, 0.4) is 0 Å². The fourth-order valence-electron chi connectivity index (χ4n) is 3.27. The predicted molar refractivity (Wildman–Crippen MR) is 90.9 cm³/mol. The molecule has 130 valence electrons. The van der Waals surface area contributed by atoms with Gasteiger partial charge in [0.25, 0.3) is 11.0 Å². The van der Waals surface area contributed by atoms with E-state index in [9.17, 15) is 13.6 Å². The molecule has 7 nitrogen and oxygen atoms in total. The van der Waals surface area contributed by atoms with E-state index in [4.69, 9.17) is 4.63 Å². The van der Waals surface area contributed by atoms with Crippen molar-refractivity contribution in [2.45, 2.75) is 29.1 Å². The van der Waals surface area contributed by atoms with E-state index in [1.54, 1.807) is 24.3 Å². The molecule has 0 bridgehead atoms. The number of rotatable bonds is 3. The minimum absolute atomic E-state index is 0.0205. The van der Waals surface area contributed by atoms with Gasteiger partial charge in [-0.1, -0.05) is 18.2 Å². The molecule has 8 heteroatoms. The van der Waals surface area contributed by atoms with E-state index < -0.39 is 9.84 Å². The number of sulfone groups is 1. The lowest BCUT2D eigenvalue weighted by molar-refractivity contribution is -0.782. The molecule has 25 heavy (non-hydrogen) atoms. The van der Waals surface area contributed by atoms with Gasteiger partial charge in [0.1, 0.15) is 4.90 Å². The molecular formula is C17H17N3O4S. The maximum absolute atomic E-state index is 12.9. The van der Waals surface area contributed by atoms with E-state index in [0.29, 0.717) is 10.6 Å². The molecule has 0 aliphatic carbocycles. The Balaban J connectivity index is 1.90. The second kappa shape index (κ2) is 6.03. The van der Waals surface area contributed by atoms with Gasteiger partial charge in [-0.15, -0.1) is 0 Å². The Morgan fingerprint density at radius 1 is 1.04 bits per heavy atom. The second-order valence-corrected chi connectivity index (χ2v) is 7.99. The lowest BCUT2D eigenvalue weighted by atomic mass is 10.1. The van der Waals surface area contributed by atoms with Crippen molar-refractivity contribution in [1.29, 1.82) is 0 Å². The highest BCUT2D eigenvalue weighted by Crippen LogP contribution is 2.32. The summed E-state index contributed by atoms with van der Waals surface area (Å²) in [6.45, 7) is 1.65. The Bertz CT molecular complexity index is 1010. The zero-order chi connectivity index (χ0) is 17.4. The van der Waals surface area contributed by atoms with Crippen LogP contribution in [0.1, 0.15) is 19.3 Å². The highest BCUT2D eigenvalue weighted by molar-refractivity contribution is 7.91. The van der Waals surface area contributed by atoms with Crippen LogP contribution in [0.2, 0.25) is 0 Å². The summed E-state index contributed by atoms with van der Waals surface area (Å²) in [6.07, 6.45) is 3.23. The van der Waals surface area contributed by atoms with E-state index in [0.717, 1.165) is 32.4 Å². The second-order valence-electron chi connectivity index (χ2n) is 6.07. The van der Waals surface area contributed by atoms with Gasteiger partial charge in [-0.3, -0.25) is 4.63 Å². The van der Waals surface area contributed by atoms with Crippen molar-refractivity contribution >= 4 is 26.6 Å². The molecule has 1 aliphatic heterocycles. The highest BCUT2D eigenvalue weighted by atomic mass is 32.2. The first-order valence-corrected chi connectivity index (χ1v) is 9.65. The van der Waals surface area contributed by atoms with Crippen LogP contribution in [0.4, 0.5) is 5.69 Å². The molecule has 2 heterocycles. The lowest BCUT2D eigenvalue weighted by Gasteiger charge is -2.28. The van der Waals surface area contributed by atoms with Crippen LogP contribution in [0, 0.1) is 5.21 Å². The predicted octanol–water partition coefficient (Wildman–Crippen LogP) is 2.28. The summed E-state index contributed by atoms with van der Waals surface area (Å²) in [6, 6.07) is 11.3. The van der Waals surface area contributed by atoms with Crippen LogP contribution in [-0.2, 0) is 9.84 Å². The summed E-state index contributed by atoms with van der Waals surface area (Å²) in [4.78, 5) is 2.51. The number of benzene rings is 2. The van der Waals surface area contributed by atoms with Gasteiger partial charge < -0.3 is 10.1 Å². The maximum Gasteiger partial charge on any atom is 0.269 e. The Hall–Kier alpha value is -2.61. The SMILES string of the molecule is O=S(=O)(c1ccccc1)c1ccc(N2CCCCC2)c2c1no[n+]2[O-]. The van der Waals surface area contributed by atoms with Gasteiger partial charge in [0, 0.05) is 18.2 Å². The monoisotopic (exact) mass is 359 g/mol. The number of nitrogens with zero attached hydrogens (tertiary/aromatic N) is 3. The lowest BCUT2D eigenvalue weighted by Crippen LogP contribution is -2.32. The third kappa shape index (κ3) is 2.62. The minimum Gasteiger partial charge on any atom is -0.368 e. The number of fused-ring (bicyclic) bond motifs is 1. The Morgan fingerprint density at radius 3 is 2.48 bits per heavy atom. The van der Waals surface area contributed by atoms with Crippen molar-refractivity contribution in [2.24, 2.45) is 0 Å². The van der Waals surface area contributed by atoms with Crippen molar-refractivity contribution in [2.75, 3.05) is 18.0 Å². The van der Waals surface area contributed by atoms with E-state index in [1.165, 1.54) is 18.2 Å². The summed E-state index contributed by atoms with van der Waals surface area (Å²) in [5.74, 6) is 0. The molecule has 0 atom stereocenters. The summed E-state index contributed by atoms with van der Waals surface area (Å²) in [7, 11) is -3.79. The fraction of sp³-hybridized carbons (Fsp3) is 0.294. The average molecular weight is 359 g/mol. The van der Waals surface area contributed by atoms with Gasteiger partial charge in [0.2, 0.25) is 9.84 Å². The van der Waals surface area contributed by atoms with E-state index in [1.807, 2.05) is 0 Å². The largest absolute Gasteiger partial charge is 0.368 e. The molecule has 0 amide bonds. The molecule has 1 fully saturated rings. The molecule has 0 spiro atoms. The van der Waals surface area contributed by atoms with Gasteiger partial charge in [-0.2, -0.15) is 0 Å². The van der Waals surface area contributed by atoms with Crippen LogP contribution in [0.25, 0.3) is 11.0 Å². The number of hydrogen-bond acceptors (Lipinski definition) is 6. The third-order valence-corrected chi connectivity index (χ3v) is 6.32. The number of anilines is 1. The van der Waals surface area contributed by atoms with Crippen LogP contribution in [0.5, 0.6) is 0 Å². The van der Waals surface area contributed by atoms with Gasteiger partial charge in [-0.25, -0.2) is 8.42 Å². The maximum atomic E-state index is 12.9. The summed E-state index contributed by atoms with van der Waals surface area (Å²) < 4.78 is 30.6. The van der Waals surface area contributed by atoms with Crippen LogP contribution in [-0.4, -0.2) is 26.7 Å². The van der Waals surface area contributed by atoms with Crippen molar-refractivity contribution in [1.82, 2.24) is 5.16 Å². The Labute approximate surface area is 144 Å². The fourth-order valence-corrected chi connectivity index (χ4v) is 4.68. The first kappa shape index (κ1) is 15.9. The summed E-state index contributed by atoms with van der Waals surface area (Å²) in [5.41, 5.74) is 0.902. The van der Waals surface area contributed by atoms with Gasteiger partial charge in [-0.05, 0) is 48.4 Å². The highest BCUT2D eigenvalue weighted by Gasteiger charge is 2.30. The van der Waals surface area contributed by atoms with Crippen molar-refractivity contribution in [3.63, 3.8) is 0 Å². The quantitative estimate of drug-likeness (QED) is 0.667. The number of piperidine rings is 1. The molecule has 3 aromatic rings. The molecule has 1 saturated heterocycles. The average Bonchev–Trinajstić information content (AvgIpc) is 3.04. The first-order valence-electron chi connectivity index (χ1n) is 8.16. The van der Waals surface area contributed by atoms with E-state index >= 15 is 0 Å².